The van der Waals surface area contributed by atoms with E-state index < -0.39 is 0 Å². The molecule has 0 radical (unpaired) electrons. The summed E-state index contributed by atoms with van der Waals surface area (Å²) >= 11 is 5.93. The number of guanidine groups is 1. The topological polar surface area (TPSA) is 52.9 Å². The molecule has 1 aliphatic heterocycles. The van der Waals surface area contributed by atoms with Crippen LogP contribution >= 0.6 is 35.6 Å². The number of nitrogens with zero attached hydrogens (tertiary/aromatic N) is 4. The third-order valence-corrected chi connectivity index (χ3v) is 4.80. The van der Waals surface area contributed by atoms with E-state index in [9.17, 15) is 4.79 Å². The van der Waals surface area contributed by atoms with Crippen LogP contribution in [-0.4, -0.2) is 52.4 Å². The highest BCUT2D eigenvalue weighted by Crippen LogP contribution is 2.14. The van der Waals surface area contributed by atoms with Crippen LogP contribution in [0.15, 0.2) is 47.7 Å². The van der Waals surface area contributed by atoms with E-state index in [0.29, 0.717) is 31.2 Å². The Kier molecular flexibility index (Phi) is 8.62. The molecule has 0 atom stereocenters. The molecule has 3 rings (SSSR count). The minimum Gasteiger partial charge on any atom is -0.357 e. The van der Waals surface area contributed by atoms with Crippen LogP contribution in [0.5, 0.6) is 0 Å². The van der Waals surface area contributed by atoms with Crippen LogP contribution in [-0.2, 0) is 24.9 Å². The van der Waals surface area contributed by atoms with Gasteiger partial charge in [0.1, 0.15) is 0 Å². The summed E-state index contributed by atoms with van der Waals surface area (Å²) in [6, 6.07) is 9.71. The van der Waals surface area contributed by atoms with Crippen molar-refractivity contribution in [3.63, 3.8) is 0 Å². The molecule has 152 valence electrons. The number of nitrogens with one attached hydrogen (secondary N) is 1. The Hall–Kier alpha value is -1.74. The molecule has 1 amide bonds. The molecule has 8 heteroatoms. The minimum absolute atomic E-state index is 0. The summed E-state index contributed by atoms with van der Waals surface area (Å²) in [5.41, 5.74) is 2.24. The largest absolute Gasteiger partial charge is 0.357 e. The number of carbonyl (C=O) groups excluding carboxylic acids is 1. The standard InChI is InChI=1S/C20H26ClN5O.HI/c1-3-22-20(23-12-17-8-9-24(2)13-17)26-11-10-25(19(27)15-26)14-16-4-6-18(21)7-5-16;/h4-9,13H,3,10-12,14-15H2,1-2H3,(H,22,23);1H. The maximum Gasteiger partial charge on any atom is 0.242 e. The van der Waals surface area contributed by atoms with Gasteiger partial charge in [-0.25, -0.2) is 4.99 Å². The lowest BCUT2D eigenvalue weighted by molar-refractivity contribution is -0.135. The van der Waals surface area contributed by atoms with Gasteiger partial charge in [-0.05, 0) is 36.2 Å². The second-order valence-corrected chi connectivity index (χ2v) is 7.16. The number of hydrogen-bond donors (Lipinski definition) is 1. The van der Waals surface area contributed by atoms with Crippen molar-refractivity contribution >= 4 is 47.4 Å². The van der Waals surface area contributed by atoms with Crippen molar-refractivity contribution in [1.82, 2.24) is 19.7 Å². The molecule has 1 N–H and O–H groups in total. The molecule has 0 aliphatic carbocycles. The fourth-order valence-corrected chi connectivity index (χ4v) is 3.24. The predicted molar refractivity (Wildman–Crippen MR) is 124 cm³/mol. The average Bonchev–Trinajstić information content (AvgIpc) is 3.07. The monoisotopic (exact) mass is 515 g/mol. The summed E-state index contributed by atoms with van der Waals surface area (Å²) in [6.07, 6.45) is 4.07. The normalized spacial score (nSPS) is 14.8. The SMILES string of the molecule is CCNC(=NCc1ccn(C)c1)N1CCN(Cc2ccc(Cl)cc2)C(=O)C1.I. The van der Waals surface area contributed by atoms with Crippen molar-refractivity contribution < 1.29 is 4.79 Å². The fraction of sp³-hybridized carbons (Fsp3) is 0.400. The van der Waals surface area contributed by atoms with Crippen molar-refractivity contribution in [1.29, 1.82) is 0 Å². The van der Waals surface area contributed by atoms with Gasteiger partial charge in [0.05, 0.1) is 13.1 Å². The zero-order chi connectivity index (χ0) is 19.2. The lowest BCUT2D eigenvalue weighted by Gasteiger charge is -2.36. The van der Waals surface area contributed by atoms with E-state index in [1.807, 2.05) is 58.8 Å². The molecule has 28 heavy (non-hydrogen) atoms. The van der Waals surface area contributed by atoms with Crippen LogP contribution in [0, 0.1) is 0 Å². The first kappa shape index (κ1) is 22.5. The number of hydrogen-bond acceptors (Lipinski definition) is 2. The first-order valence-electron chi connectivity index (χ1n) is 9.21. The Morgan fingerprint density at radius 3 is 2.54 bits per heavy atom. The molecule has 1 aromatic heterocycles. The van der Waals surface area contributed by atoms with Crippen LogP contribution in [0.3, 0.4) is 0 Å². The maximum atomic E-state index is 12.6. The number of amides is 1. The quantitative estimate of drug-likeness (QED) is 0.378. The highest BCUT2D eigenvalue weighted by atomic mass is 127. The molecule has 0 spiro atoms. The van der Waals surface area contributed by atoms with E-state index in [0.717, 1.165) is 30.2 Å². The Bertz CT molecular complexity index is 805. The molecule has 0 saturated carbocycles. The van der Waals surface area contributed by atoms with Gasteiger partial charge in [0.2, 0.25) is 5.91 Å². The van der Waals surface area contributed by atoms with E-state index >= 15 is 0 Å². The summed E-state index contributed by atoms with van der Waals surface area (Å²) in [5.74, 6) is 0.905. The first-order chi connectivity index (χ1) is 13.0. The Morgan fingerprint density at radius 1 is 1.18 bits per heavy atom. The molecule has 6 nitrogen and oxygen atoms in total. The summed E-state index contributed by atoms with van der Waals surface area (Å²) in [6.45, 7) is 5.80. The minimum atomic E-state index is 0. The fourth-order valence-electron chi connectivity index (χ4n) is 3.11. The van der Waals surface area contributed by atoms with Crippen molar-refractivity contribution in [2.75, 3.05) is 26.2 Å². The van der Waals surface area contributed by atoms with Gasteiger partial charge >= 0.3 is 0 Å². The second-order valence-electron chi connectivity index (χ2n) is 6.72. The molecule has 1 aliphatic rings. The van der Waals surface area contributed by atoms with Crippen LogP contribution in [0.2, 0.25) is 5.02 Å². The molecule has 2 aromatic rings. The number of aryl methyl sites for hydroxylation is 1. The second kappa shape index (κ2) is 10.7. The van der Waals surface area contributed by atoms with Gasteiger partial charge < -0.3 is 19.7 Å². The molecule has 0 bridgehead atoms. The van der Waals surface area contributed by atoms with E-state index in [1.165, 1.54) is 0 Å². The summed E-state index contributed by atoms with van der Waals surface area (Å²) in [4.78, 5) is 21.3. The molecule has 0 unspecified atom stereocenters. The molecule has 1 fully saturated rings. The lowest BCUT2D eigenvalue weighted by atomic mass is 10.2. The average molecular weight is 516 g/mol. The van der Waals surface area contributed by atoms with Gasteiger partial charge in [-0.1, -0.05) is 23.7 Å². The van der Waals surface area contributed by atoms with Gasteiger partial charge in [-0.3, -0.25) is 4.79 Å². The van der Waals surface area contributed by atoms with Crippen LogP contribution < -0.4 is 5.32 Å². The Morgan fingerprint density at radius 2 is 1.93 bits per heavy atom. The molecular formula is C20H27ClIN5O. The zero-order valence-corrected chi connectivity index (χ0v) is 19.4. The van der Waals surface area contributed by atoms with Gasteiger partial charge in [0, 0.05) is 50.6 Å². The van der Waals surface area contributed by atoms with Crippen molar-refractivity contribution in [3.8, 4) is 0 Å². The van der Waals surface area contributed by atoms with Gasteiger partial charge in [-0.2, -0.15) is 0 Å². The Labute approximate surface area is 188 Å². The number of aromatic nitrogens is 1. The highest BCUT2D eigenvalue weighted by Gasteiger charge is 2.25. The molecular weight excluding hydrogens is 489 g/mol. The van der Waals surface area contributed by atoms with Crippen molar-refractivity contribution in [2.45, 2.75) is 20.0 Å². The highest BCUT2D eigenvalue weighted by molar-refractivity contribution is 14.0. The number of rotatable bonds is 5. The van der Waals surface area contributed by atoms with Gasteiger partial charge in [-0.15, -0.1) is 24.0 Å². The summed E-state index contributed by atoms with van der Waals surface area (Å²) < 4.78 is 2.01. The number of carbonyl (C=O) groups is 1. The van der Waals surface area contributed by atoms with E-state index in [1.54, 1.807) is 0 Å². The van der Waals surface area contributed by atoms with Gasteiger partial charge in [0.25, 0.3) is 0 Å². The van der Waals surface area contributed by atoms with Crippen LogP contribution in [0.25, 0.3) is 0 Å². The maximum absolute atomic E-state index is 12.6. The summed E-state index contributed by atoms with van der Waals surface area (Å²) in [5, 5.41) is 4.01. The van der Waals surface area contributed by atoms with Gasteiger partial charge in [0.15, 0.2) is 5.96 Å². The van der Waals surface area contributed by atoms with Crippen molar-refractivity contribution in [2.24, 2.45) is 12.0 Å². The zero-order valence-electron chi connectivity index (χ0n) is 16.3. The molecule has 2 heterocycles. The first-order valence-corrected chi connectivity index (χ1v) is 9.59. The number of halogens is 2. The number of piperazine rings is 1. The smallest absolute Gasteiger partial charge is 0.242 e. The molecule has 1 saturated heterocycles. The van der Waals surface area contributed by atoms with E-state index in [2.05, 4.69) is 17.6 Å². The number of aliphatic imine (C=N–C) groups is 1. The lowest BCUT2D eigenvalue weighted by Crippen LogP contribution is -2.54. The third-order valence-electron chi connectivity index (χ3n) is 4.54. The Balaban J connectivity index is 0.00000280. The van der Waals surface area contributed by atoms with Crippen LogP contribution in [0.4, 0.5) is 0 Å². The van der Waals surface area contributed by atoms with Crippen LogP contribution in [0.1, 0.15) is 18.1 Å². The molecule has 1 aromatic carbocycles. The van der Waals surface area contributed by atoms with Crippen molar-refractivity contribution in [3.05, 3.63) is 58.9 Å². The number of benzene rings is 1. The third kappa shape index (κ3) is 6.13. The predicted octanol–water partition coefficient (Wildman–Crippen LogP) is 3.11. The summed E-state index contributed by atoms with van der Waals surface area (Å²) in [7, 11) is 2.00. The van der Waals surface area contributed by atoms with E-state index in [4.69, 9.17) is 16.6 Å². The van der Waals surface area contributed by atoms with E-state index in [-0.39, 0.29) is 29.9 Å².